The van der Waals surface area contributed by atoms with Crippen LogP contribution in [0.2, 0.25) is 0 Å². The molecule has 152 valence electrons. The smallest absolute Gasteiger partial charge is 0.262 e. The summed E-state index contributed by atoms with van der Waals surface area (Å²) in [5.74, 6) is -0.480. The lowest BCUT2D eigenvalue weighted by Gasteiger charge is -2.20. The Bertz CT molecular complexity index is 1070. The maximum absolute atomic E-state index is 13.0. The minimum absolute atomic E-state index is 0.0309. The van der Waals surface area contributed by atoms with Crippen molar-refractivity contribution < 1.29 is 9.18 Å². The van der Waals surface area contributed by atoms with E-state index in [1.165, 1.54) is 23.9 Å². The van der Waals surface area contributed by atoms with E-state index in [0.717, 1.165) is 12.0 Å². The second-order valence-electron chi connectivity index (χ2n) is 6.95. The molecule has 0 aliphatic heterocycles. The highest BCUT2D eigenvalue weighted by molar-refractivity contribution is 8.00. The largest absolute Gasteiger partial charge is 0.351 e. The highest BCUT2D eigenvalue weighted by Crippen LogP contribution is 2.26. The van der Waals surface area contributed by atoms with Gasteiger partial charge in [0.05, 0.1) is 16.2 Å². The first kappa shape index (κ1) is 21.0. The van der Waals surface area contributed by atoms with E-state index in [1.807, 2.05) is 26.0 Å². The molecule has 1 amide bonds. The summed E-state index contributed by atoms with van der Waals surface area (Å²) in [5.41, 5.74) is 1.35. The molecule has 0 spiro atoms. The Morgan fingerprint density at radius 2 is 1.86 bits per heavy atom. The van der Waals surface area contributed by atoms with Crippen molar-refractivity contribution in [2.24, 2.45) is 0 Å². The van der Waals surface area contributed by atoms with Crippen LogP contribution in [0.15, 0.2) is 58.5 Å². The number of carbonyl (C=O) groups excluding carboxylic acids is 1. The average Bonchev–Trinajstić information content (AvgIpc) is 2.72. The number of aromatic nitrogens is 2. The summed E-state index contributed by atoms with van der Waals surface area (Å²) in [6.07, 6.45) is 0.776. The molecule has 0 saturated carbocycles. The molecule has 2 aromatic carbocycles. The molecule has 3 rings (SSSR count). The van der Waals surface area contributed by atoms with Crippen molar-refractivity contribution in [3.63, 3.8) is 0 Å². The highest BCUT2D eigenvalue weighted by atomic mass is 32.2. The molecule has 0 bridgehead atoms. The fourth-order valence-corrected chi connectivity index (χ4v) is 3.96. The molecule has 7 heteroatoms. The van der Waals surface area contributed by atoms with Gasteiger partial charge in [0.15, 0.2) is 5.16 Å². The summed E-state index contributed by atoms with van der Waals surface area (Å²) in [6, 6.07) is 13.2. The van der Waals surface area contributed by atoms with Crippen LogP contribution in [0.25, 0.3) is 10.9 Å². The first-order chi connectivity index (χ1) is 13.9. The number of para-hydroxylation sites is 1. The normalized spacial score (nSPS) is 13.2. The van der Waals surface area contributed by atoms with E-state index >= 15 is 0 Å². The Balaban J connectivity index is 1.81. The Morgan fingerprint density at radius 1 is 1.17 bits per heavy atom. The van der Waals surface area contributed by atoms with Gasteiger partial charge < -0.3 is 5.32 Å². The van der Waals surface area contributed by atoms with Crippen LogP contribution in [0.3, 0.4) is 0 Å². The van der Waals surface area contributed by atoms with Gasteiger partial charge in [-0.15, -0.1) is 0 Å². The summed E-state index contributed by atoms with van der Waals surface area (Å²) in [4.78, 5) is 30.2. The van der Waals surface area contributed by atoms with Crippen LogP contribution in [-0.4, -0.2) is 20.7 Å². The minimum atomic E-state index is -0.446. The molecule has 0 radical (unpaired) electrons. The number of fused-ring (bicyclic) bond motifs is 1. The van der Waals surface area contributed by atoms with Crippen molar-refractivity contribution >= 4 is 28.6 Å². The number of hydrogen-bond acceptors (Lipinski definition) is 4. The first-order valence-electron chi connectivity index (χ1n) is 9.60. The monoisotopic (exact) mass is 413 g/mol. The number of halogens is 1. The fourth-order valence-electron chi connectivity index (χ4n) is 2.93. The van der Waals surface area contributed by atoms with E-state index in [4.69, 9.17) is 0 Å². The molecule has 1 aromatic heterocycles. The third-order valence-corrected chi connectivity index (χ3v) is 5.90. The molecule has 0 aliphatic rings. The predicted molar refractivity (Wildman–Crippen MR) is 115 cm³/mol. The lowest BCUT2D eigenvalue weighted by molar-refractivity contribution is -0.120. The van der Waals surface area contributed by atoms with Crippen LogP contribution < -0.4 is 10.9 Å². The Hall–Kier alpha value is -2.67. The van der Waals surface area contributed by atoms with Crippen LogP contribution in [0.5, 0.6) is 0 Å². The third kappa shape index (κ3) is 4.85. The summed E-state index contributed by atoms with van der Waals surface area (Å²) in [7, 11) is 0. The van der Waals surface area contributed by atoms with Crippen molar-refractivity contribution in [1.29, 1.82) is 0 Å². The van der Waals surface area contributed by atoms with E-state index in [1.54, 1.807) is 35.8 Å². The van der Waals surface area contributed by atoms with Crippen molar-refractivity contribution in [1.82, 2.24) is 14.9 Å². The van der Waals surface area contributed by atoms with Crippen molar-refractivity contribution in [3.05, 3.63) is 70.3 Å². The molecule has 5 nitrogen and oxygen atoms in total. The van der Waals surface area contributed by atoms with Gasteiger partial charge in [0, 0.05) is 12.6 Å². The minimum Gasteiger partial charge on any atom is -0.351 e. The van der Waals surface area contributed by atoms with Gasteiger partial charge in [-0.3, -0.25) is 14.2 Å². The zero-order chi connectivity index (χ0) is 21.0. The van der Waals surface area contributed by atoms with Crippen molar-refractivity contribution in [3.8, 4) is 0 Å². The van der Waals surface area contributed by atoms with Crippen LogP contribution in [0.4, 0.5) is 4.39 Å². The number of rotatable bonds is 7. The van der Waals surface area contributed by atoms with E-state index in [9.17, 15) is 14.0 Å². The van der Waals surface area contributed by atoms with Crippen LogP contribution >= 0.6 is 11.8 Å². The van der Waals surface area contributed by atoms with Gasteiger partial charge in [0.2, 0.25) is 5.91 Å². The number of hydrogen-bond donors (Lipinski definition) is 1. The van der Waals surface area contributed by atoms with Gasteiger partial charge >= 0.3 is 0 Å². The van der Waals surface area contributed by atoms with E-state index < -0.39 is 5.25 Å². The highest BCUT2D eigenvalue weighted by Gasteiger charge is 2.21. The second kappa shape index (κ2) is 9.22. The quantitative estimate of drug-likeness (QED) is 0.463. The van der Waals surface area contributed by atoms with E-state index in [-0.39, 0.29) is 23.3 Å². The maximum Gasteiger partial charge on any atom is 0.262 e. The fraction of sp³-hybridized carbons (Fsp3) is 0.318. The lowest BCUT2D eigenvalue weighted by atomic mass is 10.2. The number of carbonyl (C=O) groups is 1. The Labute approximate surface area is 173 Å². The van der Waals surface area contributed by atoms with Gasteiger partial charge in [-0.1, -0.05) is 43.0 Å². The molecule has 0 fully saturated rings. The number of nitrogens with one attached hydrogen (secondary N) is 1. The Kier molecular flexibility index (Phi) is 6.69. The SMILES string of the molecule is CC[C@@H](C)n1c(S[C@@H](C)C(=O)NCc2ccc(F)cc2)nc2ccccc2c1=O. The molecular formula is C22H24FN3O2S. The zero-order valence-electron chi connectivity index (χ0n) is 16.7. The van der Waals surface area contributed by atoms with E-state index in [0.29, 0.717) is 22.6 Å². The third-order valence-electron chi connectivity index (χ3n) is 4.84. The zero-order valence-corrected chi connectivity index (χ0v) is 17.5. The number of amides is 1. The van der Waals surface area contributed by atoms with Crippen LogP contribution in [0, 0.1) is 5.82 Å². The molecule has 29 heavy (non-hydrogen) atoms. The first-order valence-corrected chi connectivity index (χ1v) is 10.5. The van der Waals surface area contributed by atoms with Gasteiger partial charge in [-0.2, -0.15) is 0 Å². The topological polar surface area (TPSA) is 64.0 Å². The van der Waals surface area contributed by atoms with Crippen LogP contribution in [-0.2, 0) is 11.3 Å². The average molecular weight is 414 g/mol. The van der Waals surface area contributed by atoms with Gasteiger partial charge in [-0.05, 0) is 50.1 Å². The van der Waals surface area contributed by atoms with Gasteiger partial charge in [-0.25, -0.2) is 9.37 Å². The molecule has 0 unspecified atom stereocenters. The summed E-state index contributed by atoms with van der Waals surface area (Å²) in [6.45, 7) is 6.08. The standard InChI is InChI=1S/C22H24FN3O2S/c1-4-14(2)26-21(28)18-7-5-6-8-19(18)25-22(26)29-15(3)20(27)24-13-16-9-11-17(23)12-10-16/h5-12,14-15H,4,13H2,1-3H3,(H,24,27)/t14-,15+/m1/s1. The number of nitrogens with zero attached hydrogens (tertiary/aromatic N) is 2. The summed E-state index contributed by atoms with van der Waals surface area (Å²) in [5, 5.41) is 3.52. The second-order valence-corrected chi connectivity index (χ2v) is 8.26. The number of benzene rings is 2. The predicted octanol–water partition coefficient (Wildman–Crippen LogP) is 4.30. The van der Waals surface area contributed by atoms with Gasteiger partial charge in [0.25, 0.3) is 5.56 Å². The molecule has 2 atom stereocenters. The Morgan fingerprint density at radius 3 is 2.55 bits per heavy atom. The summed E-state index contributed by atoms with van der Waals surface area (Å²) >= 11 is 1.27. The van der Waals surface area contributed by atoms with E-state index in [2.05, 4.69) is 10.3 Å². The molecular weight excluding hydrogens is 389 g/mol. The molecule has 3 aromatic rings. The summed E-state index contributed by atoms with van der Waals surface area (Å²) < 4.78 is 14.7. The van der Waals surface area contributed by atoms with Crippen molar-refractivity contribution in [2.45, 2.75) is 50.2 Å². The maximum atomic E-state index is 13.0. The molecule has 0 saturated heterocycles. The molecule has 1 N–H and O–H groups in total. The number of thioether (sulfide) groups is 1. The lowest BCUT2D eigenvalue weighted by Crippen LogP contribution is -2.32. The van der Waals surface area contributed by atoms with Crippen LogP contribution in [0.1, 0.15) is 38.8 Å². The van der Waals surface area contributed by atoms with Crippen molar-refractivity contribution in [2.75, 3.05) is 0 Å². The molecule has 0 aliphatic carbocycles. The molecule has 1 heterocycles. The van der Waals surface area contributed by atoms with Gasteiger partial charge in [0.1, 0.15) is 5.82 Å².